The van der Waals surface area contributed by atoms with Crippen LogP contribution in [0.4, 0.5) is 0 Å². The molecule has 0 aromatic heterocycles. The largest absolute Gasteiger partial charge is 0.507 e. The van der Waals surface area contributed by atoms with Crippen LogP contribution in [0.3, 0.4) is 0 Å². The standard InChI is InChI=1S/C13H16ClN3O3/c1-8(2)6-15-12(19)13(20)17-16-7-9-5-10(14)3-4-11(9)18/h3-5,7-8,18H,6H2,1-2H3,(H,15,19)(H,17,20)/b16-7-. The Bertz CT molecular complexity index is 530. The molecule has 0 aliphatic carbocycles. The quantitative estimate of drug-likeness (QED) is 0.444. The van der Waals surface area contributed by atoms with E-state index in [-0.39, 0.29) is 11.7 Å². The van der Waals surface area contributed by atoms with Gasteiger partial charge < -0.3 is 10.4 Å². The fourth-order valence-corrected chi connectivity index (χ4v) is 1.40. The van der Waals surface area contributed by atoms with Gasteiger partial charge in [-0.3, -0.25) is 9.59 Å². The first-order chi connectivity index (χ1) is 9.40. The zero-order chi connectivity index (χ0) is 15.1. The average Bonchev–Trinajstić information content (AvgIpc) is 2.39. The number of amides is 2. The predicted molar refractivity (Wildman–Crippen MR) is 76.7 cm³/mol. The molecule has 1 rings (SSSR count). The maximum absolute atomic E-state index is 11.4. The van der Waals surface area contributed by atoms with Gasteiger partial charge in [0.15, 0.2) is 0 Å². The Balaban J connectivity index is 2.53. The van der Waals surface area contributed by atoms with Gasteiger partial charge in [0.1, 0.15) is 5.75 Å². The molecule has 0 aliphatic rings. The van der Waals surface area contributed by atoms with E-state index >= 15 is 0 Å². The van der Waals surface area contributed by atoms with Gasteiger partial charge in [0.25, 0.3) is 0 Å². The zero-order valence-electron chi connectivity index (χ0n) is 11.2. The summed E-state index contributed by atoms with van der Waals surface area (Å²) in [6.45, 7) is 4.24. The number of nitrogens with zero attached hydrogens (tertiary/aromatic N) is 1. The Kier molecular flexibility index (Phi) is 5.99. The number of hydrogen-bond acceptors (Lipinski definition) is 4. The first-order valence-electron chi connectivity index (χ1n) is 6.00. The molecule has 1 aromatic carbocycles. The molecular weight excluding hydrogens is 282 g/mol. The second-order valence-corrected chi connectivity index (χ2v) is 4.94. The van der Waals surface area contributed by atoms with E-state index in [0.29, 0.717) is 17.1 Å². The van der Waals surface area contributed by atoms with Crippen LogP contribution in [0.15, 0.2) is 23.3 Å². The molecule has 108 valence electrons. The molecular formula is C13H16ClN3O3. The van der Waals surface area contributed by atoms with Crippen molar-refractivity contribution in [1.82, 2.24) is 10.7 Å². The van der Waals surface area contributed by atoms with Crippen LogP contribution in [0, 0.1) is 5.92 Å². The maximum Gasteiger partial charge on any atom is 0.329 e. The van der Waals surface area contributed by atoms with Crippen molar-refractivity contribution in [2.24, 2.45) is 11.0 Å². The van der Waals surface area contributed by atoms with Crippen LogP contribution in [0.2, 0.25) is 5.02 Å². The second-order valence-electron chi connectivity index (χ2n) is 4.51. The van der Waals surface area contributed by atoms with Crippen molar-refractivity contribution in [3.05, 3.63) is 28.8 Å². The molecule has 0 fully saturated rings. The molecule has 0 radical (unpaired) electrons. The number of carbonyl (C=O) groups is 2. The van der Waals surface area contributed by atoms with Gasteiger partial charge in [-0.25, -0.2) is 5.43 Å². The number of phenolic OH excluding ortho intramolecular Hbond substituents is 1. The molecule has 0 bridgehead atoms. The highest BCUT2D eigenvalue weighted by Crippen LogP contribution is 2.19. The van der Waals surface area contributed by atoms with Gasteiger partial charge in [0, 0.05) is 17.1 Å². The Morgan fingerprint density at radius 3 is 2.75 bits per heavy atom. The highest BCUT2D eigenvalue weighted by atomic mass is 35.5. The fourth-order valence-electron chi connectivity index (χ4n) is 1.22. The Hall–Kier alpha value is -2.08. The van der Waals surface area contributed by atoms with Crippen LogP contribution in [0.5, 0.6) is 5.75 Å². The van der Waals surface area contributed by atoms with Gasteiger partial charge in [-0.05, 0) is 24.1 Å². The molecule has 0 spiro atoms. The van der Waals surface area contributed by atoms with Gasteiger partial charge in [0.2, 0.25) is 0 Å². The Morgan fingerprint density at radius 1 is 1.40 bits per heavy atom. The number of carbonyl (C=O) groups excluding carboxylic acids is 2. The molecule has 7 heteroatoms. The number of rotatable bonds is 4. The number of hydrogen-bond donors (Lipinski definition) is 3. The summed E-state index contributed by atoms with van der Waals surface area (Å²) >= 11 is 5.76. The van der Waals surface area contributed by atoms with Crippen LogP contribution in [-0.2, 0) is 9.59 Å². The molecule has 0 aliphatic heterocycles. The molecule has 0 saturated heterocycles. The van der Waals surface area contributed by atoms with Crippen molar-refractivity contribution < 1.29 is 14.7 Å². The highest BCUT2D eigenvalue weighted by Gasteiger charge is 2.12. The lowest BCUT2D eigenvalue weighted by molar-refractivity contribution is -0.139. The van der Waals surface area contributed by atoms with Crippen LogP contribution < -0.4 is 10.7 Å². The third kappa shape index (κ3) is 5.27. The zero-order valence-corrected chi connectivity index (χ0v) is 11.9. The lowest BCUT2D eigenvalue weighted by Gasteiger charge is -2.05. The van der Waals surface area contributed by atoms with E-state index in [1.807, 2.05) is 13.8 Å². The van der Waals surface area contributed by atoms with Crippen molar-refractivity contribution in [3.8, 4) is 5.75 Å². The van der Waals surface area contributed by atoms with Gasteiger partial charge in [0.05, 0.1) is 6.21 Å². The van der Waals surface area contributed by atoms with E-state index in [9.17, 15) is 14.7 Å². The van der Waals surface area contributed by atoms with Crippen molar-refractivity contribution in [2.75, 3.05) is 6.54 Å². The van der Waals surface area contributed by atoms with E-state index in [1.165, 1.54) is 24.4 Å². The normalized spacial score (nSPS) is 10.8. The number of nitrogens with one attached hydrogen (secondary N) is 2. The molecule has 0 heterocycles. The van der Waals surface area contributed by atoms with E-state index in [1.54, 1.807) is 0 Å². The van der Waals surface area contributed by atoms with Gasteiger partial charge in [-0.1, -0.05) is 25.4 Å². The van der Waals surface area contributed by atoms with E-state index in [4.69, 9.17) is 11.6 Å². The molecule has 6 nitrogen and oxygen atoms in total. The summed E-state index contributed by atoms with van der Waals surface area (Å²) < 4.78 is 0. The van der Waals surface area contributed by atoms with Gasteiger partial charge >= 0.3 is 11.8 Å². The minimum Gasteiger partial charge on any atom is -0.507 e. The molecule has 3 N–H and O–H groups in total. The van der Waals surface area contributed by atoms with Gasteiger partial charge in [-0.15, -0.1) is 0 Å². The van der Waals surface area contributed by atoms with Crippen LogP contribution >= 0.6 is 11.6 Å². The molecule has 2 amide bonds. The van der Waals surface area contributed by atoms with Crippen molar-refractivity contribution >= 4 is 29.6 Å². The molecule has 0 atom stereocenters. The van der Waals surface area contributed by atoms with E-state index in [0.717, 1.165) is 0 Å². The number of hydrazone groups is 1. The Labute approximate surface area is 121 Å². The molecule has 1 aromatic rings. The summed E-state index contributed by atoms with van der Waals surface area (Å²) in [6, 6.07) is 4.40. The van der Waals surface area contributed by atoms with Crippen molar-refractivity contribution in [1.29, 1.82) is 0 Å². The van der Waals surface area contributed by atoms with Crippen LogP contribution in [0.1, 0.15) is 19.4 Å². The fraction of sp³-hybridized carbons (Fsp3) is 0.308. The second kappa shape index (κ2) is 7.49. The summed E-state index contributed by atoms with van der Waals surface area (Å²) in [7, 11) is 0. The van der Waals surface area contributed by atoms with Gasteiger partial charge in [-0.2, -0.15) is 5.10 Å². The topological polar surface area (TPSA) is 90.8 Å². The molecule has 20 heavy (non-hydrogen) atoms. The summed E-state index contributed by atoms with van der Waals surface area (Å²) in [5, 5.41) is 16.0. The third-order valence-corrected chi connectivity index (χ3v) is 2.47. The predicted octanol–water partition coefficient (Wildman–Crippen LogP) is 1.27. The number of benzene rings is 1. The molecule has 0 saturated carbocycles. The SMILES string of the molecule is CC(C)CNC(=O)C(=O)N/N=C\c1cc(Cl)ccc1O. The smallest absolute Gasteiger partial charge is 0.329 e. The number of halogens is 1. The van der Waals surface area contributed by atoms with Crippen LogP contribution in [0.25, 0.3) is 0 Å². The minimum absolute atomic E-state index is 0.0309. The monoisotopic (exact) mass is 297 g/mol. The number of aromatic hydroxyl groups is 1. The van der Waals surface area contributed by atoms with E-state index < -0.39 is 11.8 Å². The van der Waals surface area contributed by atoms with Crippen molar-refractivity contribution in [2.45, 2.75) is 13.8 Å². The number of phenols is 1. The first kappa shape index (κ1) is 16.0. The summed E-state index contributed by atoms with van der Waals surface area (Å²) in [6.07, 6.45) is 1.20. The third-order valence-electron chi connectivity index (χ3n) is 2.24. The van der Waals surface area contributed by atoms with Crippen LogP contribution in [-0.4, -0.2) is 29.7 Å². The first-order valence-corrected chi connectivity index (χ1v) is 6.37. The minimum atomic E-state index is -0.872. The average molecular weight is 298 g/mol. The summed E-state index contributed by atoms with van der Waals surface area (Å²) in [5.74, 6) is -1.41. The maximum atomic E-state index is 11.4. The van der Waals surface area contributed by atoms with E-state index in [2.05, 4.69) is 15.8 Å². The van der Waals surface area contributed by atoms with Crippen molar-refractivity contribution in [3.63, 3.8) is 0 Å². The summed E-state index contributed by atoms with van der Waals surface area (Å²) in [5.41, 5.74) is 2.40. The Morgan fingerprint density at radius 2 is 2.10 bits per heavy atom. The lowest BCUT2D eigenvalue weighted by atomic mass is 10.2. The summed E-state index contributed by atoms with van der Waals surface area (Å²) in [4.78, 5) is 22.7. The highest BCUT2D eigenvalue weighted by molar-refractivity contribution is 6.35. The molecule has 0 unspecified atom stereocenters. The lowest BCUT2D eigenvalue weighted by Crippen LogP contribution is -2.39.